The molecule has 1 amide bonds. The summed E-state index contributed by atoms with van der Waals surface area (Å²) in [6.45, 7) is 4.82. The average molecular weight is 394 g/mol. The largest absolute Gasteiger partial charge is 0.390 e. The quantitative estimate of drug-likeness (QED) is 0.559. The Kier molecular flexibility index (Phi) is 5.25. The molecule has 0 saturated heterocycles. The third kappa shape index (κ3) is 3.59. The number of pyridine rings is 1. The lowest BCUT2D eigenvalue weighted by Gasteiger charge is -2.20. The third-order valence-electron chi connectivity index (χ3n) is 5.56. The van der Waals surface area contributed by atoms with Gasteiger partial charge in [-0.3, -0.25) is 4.79 Å². The van der Waals surface area contributed by atoms with Gasteiger partial charge in [0.25, 0.3) is 5.91 Å². The predicted molar refractivity (Wildman–Crippen MR) is 111 cm³/mol. The Labute approximate surface area is 169 Å². The van der Waals surface area contributed by atoms with Gasteiger partial charge < -0.3 is 24.9 Å². The zero-order valence-electron chi connectivity index (χ0n) is 16.9. The van der Waals surface area contributed by atoms with Crippen LogP contribution in [0.25, 0.3) is 5.65 Å². The Morgan fingerprint density at radius 2 is 2.14 bits per heavy atom. The minimum Gasteiger partial charge on any atom is -0.390 e. The van der Waals surface area contributed by atoms with Gasteiger partial charge in [0.2, 0.25) is 0 Å². The van der Waals surface area contributed by atoms with Gasteiger partial charge in [-0.25, -0.2) is 4.98 Å². The lowest BCUT2D eigenvalue weighted by atomic mass is 10.1. The summed E-state index contributed by atoms with van der Waals surface area (Å²) in [7, 11) is 1.60. The molecular weight excluding hydrogens is 368 g/mol. The number of hydrogen-bond donors (Lipinski definition) is 3. The minimum absolute atomic E-state index is 0.176. The highest BCUT2D eigenvalue weighted by Crippen LogP contribution is 2.35. The van der Waals surface area contributed by atoms with Gasteiger partial charge >= 0.3 is 0 Å². The topological polar surface area (TPSA) is 87.9 Å². The first-order valence-electron chi connectivity index (χ1n) is 9.78. The molecule has 0 aliphatic heterocycles. The molecule has 1 aliphatic rings. The van der Waals surface area contributed by atoms with Crippen molar-refractivity contribution in [1.82, 2.24) is 14.7 Å². The molecular formula is C22H26N4O3. The highest BCUT2D eigenvalue weighted by atomic mass is 16.5. The van der Waals surface area contributed by atoms with Gasteiger partial charge in [-0.2, -0.15) is 0 Å². The van der Waals surface area contributed by atoms with Crippen molar-refractivity contribution < 1.29 is 14.6 Å². The lowest BCUT2D eigenvalue weighted by molar-refractivity contribution is 0.0936. The number of hydrogen-bond acceptors (Lipinski definition) is 5. The van der Waals surface area contributed by atoms with E-state index in [0.717, 1.165) is 33.8 Å². The molecule has 2 heterocycles. The van der Waals surface area contributed by atoms with Crippen molar-refractivity contribution in [2.75, 3.05) is 25.6 Å². The number of fused-ring (bicyclic) bond motifs is 2. The molecule has 7 heteroatoms. The maximum atomic E-state index is 12.7. The number of amides is 1. The van der Waals surface area contributed by atoms with Crippen molar-refractivity contribution in [2.45, 2.75) is 32.4 Å². The number of benzene rings is 1. The summed E-state index contributed by atoms with van der Waals surface area (Å²) in [5, 5.41) is 17.0. The summed E-state index contributed by atoms with van der Waals surface area (Å²) in [6.07, 6.45) is 1.87. The lowest BCUT2D eigenvalue weighted by Crippen LogP contribution is -2.27. The Bertz CT molecular complexity index is 1060. The van der Waals surface area contributed by atoms with E-state index in [0.29, 0.717) is 25.1 Å². The van der Waals surface area contributed by atoms with E-state index >= 15 is 0 Å². The van der Waals surface area contributed by atoms with E-state index in [1.807, 2.05) is 42.5 Å². The number of nitrogens with one attached hydrogen (secondary N) is 2. The molecule has 7 nitrogen and oxygen atoms in total. The van der Waals surface area contributed by atoms with Gasteiger partial charge in [-0.05, 0) is 31.0 Å². The van der Waals surface area contributed by atoms with Crippen molar-refractivity contribution in [2.24, 2.45) is 0 Å². The predicted octanol–water partition coefficient (Wildman–Crippen LogP) is 2.40. The SMILES string of the molecule is COCCNC(=O)c1cc(N[C@H]2c3ccccc3C[C@@H]2O)c2nc(C)c(C)n2c1. The van der Waals surface area contributed by atoms with Crippen molar-refractivity contribution in [1.29, 1.82) is 0 Å². The zero-order valence-corrected chi connectivity index (χ0v) is 16.9. The molecule has 0 bridgehead atoms. The highest BCUT2D eigenvalue weighted by molar-refractivity contribution is 5.96. The van der Waals surface area contributed by atoms with E-state index in [1.165, 1.54) is 0 Å². The number of aliphatic hydroxyl groups excluding tert-OH is 1. The van der Waals surface area contributed by atoms with Gasteiger partial charge in [-0.1, -0.05) is 24.3 Å². The van der Waals surface area contributed by atoms with Crippen molar-refractivity contribution in [3.63, 3.8) is 0 Å². The Hall–Kier alpha value is -2.90. The molecule has 1 aromatic carbocycles. The van der Waals surface area contributed by atoms with Crippen LogP contribution in [0.1, 0.15) is 38.9 Å². The monoisotopic (exact) mass is 394 g/mol. The number of methoxy groups -OCH3 is 1. The van der Waals surface area contributed by atoms with Crippen LogP contribution in [0.4, 0.5) is 5.69 Å². The number of rotatable bonds is 6. The fourth-order valence-corrected chi connectivity index (χ4v) is 3.89. The maximum absolute atomic E-state index is 12.7. The smallest absolute Gasteiger partial charge is 0.252 e. The summed E-state index contributed by atoms with van der Waals surface area (Å²) in [6, 6.07) is 9.59. The molecule has 0 radical (unpaired) electrons. The van der Waals surface area contributed by atoms with E-state index in [-0.39, 0.29) is 11.9 Å². The molecule has 2 atom stereocenters. The summed E-state index contributed by atoms with van der Waals surface area (Å²) >= 11 is 0. The van der Waals surface area contributed by atoms with Crippen molar-refractivity contribution >= 4 is 17.2 Å². The van der Waals surface area contributed by atoms with Crippen LogP contribution in [0.5, 0.6) is 0 Å². The number of aryl methyl sites for hydroxylation is 2. The second kappa shape index (κ2) is 7.85. The van der Waals surface area contributed by atoms with Crippen LogP contribution >= 0.6 is 0 Å². The average Bonchev–Trinajstić information content (AvgIpc) is 3.18. The number of carbonyl (C=O) groups excluding carboxylic acids is 1. The van der Waals surface area contributed by atoms with Gasteiger partial charge in [0.1, 0.15) is 0 Å². The molecule has 0 unspecified atom stereocenters. The number of imidazole rings is 1. The first-order chi connectivity index (χ1) is 14.0. The first kappa shape index (κ1) is 19.4. The molecule has 1 aliphatic carbocycles. The van der Waals surface area contributed by atoms with E-state index in [2.05, 4.69) is 15.6 Å². The van der Waals surface area contributed by atoms with Crippen LogP contribution in [-0.2, 0) is 11.2 Å². The standard InChI is InChI=1S/C22H26N4O3/c1-13-14(2)26-12-16(22(28)23-8-9-29-3)10-18(21(26)24-13)25-20-17-7-5-4-6-15(17)11-19(20)27/h4-7,10,12,19-20,25,27H,8-9,11H2,1-3H3,(H,23,28)/t19-,20-/m0/s1. The van der Waals surface area contributed by atoms with E-state index in [1.54, 1.807) is 19.4 Å². The minimum atomic E-state index is -0.538. The van der Waals surface area contributed by atoms with E-state index in [9.17, 15) is 9.90 Å². The zero-order chi connectivity index (χ0) is 20.5. The Morgan fingerprint density at radius 3 is 2.93 bits per heavy atom. The molecule has 152 valence electrons. The Morgan fingerprint density at radius 1 is 1.34 bits per heavy atom. The molecule has 29 heavy (non-hydrogen) atoms. The van der Waals surface area contributed by atoms with E-state index < -0.39 is 6.10 Å². The second-order valence-electron chi connectivity index (χ2n) is 7.46. The van der Waals surface area contributed by atoms with Gasteiger partial charge in [-0.15, -0.1) is 0 Å². The van der Waals surface area contributed by atoms with Crippen LogP contribution in [-0.4, -0.2) is 46.8 Å². The van der Waals surface area contributed by atoms with Crippen LogP contribution in [0.15, 0.2) is 36.5 Å². The summed E-state index contributed by atoms with van der Waals surface area (Å²) < 4.78 is 6.93. The molecule has 0 fully saturated rings. The number of aliphatic hydroxyl groups is 1. The maximum Gasteiger partial charge on any atom is 0.252 e. The Balaban J connectivity index is 1.73. The number of anilines is 1. The molecule has 0 saturated carbocycles. The normalized spacial score (nSPS) is 18.1. The van der Waals surface area contributed by atoms with Gasteiger partial charge in [0.15, 0.2) is 5.65 Å². The van der Waals surface area contributed by atoms with Gasteiger partial charge in [0.05, 0.1) is 35.7 Å². The number of aromatic nitrogens is 2. The van der Waals surface area contributed by atoms with Crippen LogP contribution in [0.2, 0.25) is 0 Å². The summed E-state index contributed by atoms with van der Waals surface area (Å²) in [5.74, 6) is -0.176. The number of nitrogens with zero attached hydrogens (tertiary/aromatic N) is 2. The fourth-order valence-electron chi connectivity index (χ4n) is 3.89. The first-order valence-corrected chi connectivity index (χ1v) is 9.78. The van der Waals surface area contributed by atoms with Crippen LogP contribution < -0.4 is 10.6 Å². The summed E-state index contributed by atoms with van der Waals surface area (Å²) in [5.41, 5.74) is 6.08. The van der Waals surface area contributed by atoms with Crippen molar-refractivity contribution in [3.8, 4) is 0 Å². The third-order valence-corrected chi connectivity index (χ3v) is 5.56. The molecule has 2 aromatic heterocycles. The molecule has 3 aromatic rings. The van der Waals surface area contributed by atoms with Crippen LogP contribution in [0, 0.1) is 13.8 Å². The summed E-state index contributed by atoms with van der Waals surface area (Å²) in [4.78, 5) is 17.3. The molecule has 4 rings (SSSR count). The fraction of sp³-hybridized carbons (Fsp3) is 0.364. The second-order valence-corrected chi connectivity index (χ2v) is 7.46. The number of carbonyl (C=O) groups is 1. The number of ether oxygens (including phenoxy) is 1. The van der Waals surface area contributed by atoms with Crippen LogP contribution in [0.3, 0.4) is 0 Å². The molecule has 0 spiro atoms. The molecule has 3 N–H and O–H groups in total. The van der Waals surface area contributed by atoms with Gasteiger partial charge in [0, 0.05) is 32.0 Å². The van der Waals surface area contributed by atoms with Crippen molar-refractivity contribution in [3.05, 3.63) is 64.6 Å². The highest BCUT2D eigenvalue weighted by Gasteiger charge is 2.31. The van der Waals surface area contributed by atoms with E-state index in [4.69, 9.17) is 4.74 Å².